The number of thioether (sulfide) groups is 1. The molecule has 2 aliphatic rings. The van der Waals surface area contributed by atoms with Gasteiger partial charge in [0, 0.05) is 17.0 Å². The van der Waals surface area contributed by atoms with Gasteiger partial charge in [0.1, 0.15) is 18.2 Å². The van der Waals surface area contributed by atoms with Crippen LogP contribution in [0.25, 0.3) is 5.69 Å². The Morgan fingerprint density at radius 3 is 2.58 bits per heavy atom. The molecule has 1 aliphatic heterocycles. The SMILES string of the molecule is Cc1ccccc1-n1nc(C(C)(C)C)c2c1N(CC(=O)NC1CC1)C(=O)CS[C@@H]2c1cccc(F)c1. The maximum Gasteiger partial charge on any atom is 0.240 e. The molecule has 2 amide bonds. The first-order valence-electron chi connectivity index (χ1n) is 12.3. The van der Waals surface area contributed by atoms with Gasteiger partial charge in [0.15, 0.2) is 0 Å². The number of para-hydroxylation sites is 1. The zero-order valence-corrected chi connectivity index (χ0v) is 21.9. The Hall–Kier alpha value is -3.13. The molecule has 2 aromatic carbocycles. The molecule has 0 radical (unpaired) electrons. The number of fused-ring (bicyclic) bond motifs is 1. The number of amides is 2. The molecule has 8 heteroatoms. The van der Waals surface area contributed by atoms with Crippen LogP contribution in [0.5, 0.6) is 0 Å². The summed E-state index contributed by atoms with van der Waals surface area (Å²) in [6, 6.07) is 14.6. The van der Waals surface area contributed by atoms with Crippen LogP contribution in [-0.2, 0) is 15.0 Å². The van der Waals surface area contributed by atoms with E-state index in [0.29, 0.717) is 5.82 Å². The number of carbonyl (C=O) groups excluding carboxylic acids is 2. The molecule has 2 heterocycles. The first-order valence-corrected chi connectivity index (χ1v) is 13.3. The van der Waals surface area contributed by atoms with Gasteiger partial charge in [-0.3, -0.25) is 14.5 Å². The molecule has 1 aromatic heterocycles. The third kappa shape index (κ3) is 4.78. The number of rotatable bonds is 5. The fraction of sp³-hybridized carbons (Fsp3) is 0.393. The van der Waals surface area contributed by atoms with Crippen molar-refractivity contribution >= 4 is 29.4 Å². The molecule has 1 aliphatic carbocycles. The molecule has 1 saturated carbocycles. The molecule has 1 N–H and O–H groups in total. The van der Waals surface area contributed by atoms with Crippen molar-refractivity contribution in [1.82, 2.24) is 15.1 Å². The smallest absolute Gasteiger partial charge is 0.240 e. The summed E-state index contributed by atoms with van der Waals surface area (Å²) in [5, 5.41) is 7.78. The molecule has 5 rings (SSSR count). The predicted molar refractivity (Wildman–Crippen MR) is 141 cm³/mol. The Bertz CT molecular complexity index is 1330. The van der Waals surface area contributed by atoms with Gasteiger partial charge in [-0.05, 0) is 49.1 Å². The Morgan fingerprint density at radius 2 is 1.92 bits per heavy atom. The van der Waals surface area contributed by atoms with Crippen molar-refractivity contribution in [2.75, 3.05) is 17.2 Å². The van der Waals surface area contributed by atoms with Crippen LogP contribution in [0.2, 0.25) is 0 Å². The molecular formula is C28H31FN4O2S. The number of aryl methyl sites for hydroxylation is 1. The van der Waals surface area contributed by atoms with Gasteiger partial charge in [0.2, 0.25) is 11.8 Å². The van der Waals surface area contributed by atoms with Crippen LogP contribution in [0.3, 0.4) is 0 Å². The number of hydrogen-bond acceptors (Lipinski definition) is 4. The summed E-state index contributed by atoms with van der Waals surface area (Å²) >= 11 is 1.45. The van der Waals surface area contributed by atoms with Crippen LogP contribution >= 0.6 is 11.8 Å². The highest BCUT2D eigenvalue weighted by Gasteiger charge is 2.40. The van der Waals surface area contributed by atoms with E-state index in [-0.39, 0.29) is 46.6 Å². The molecule has 188 valence electrons. The Kier molecular flexibility index (Phi) is 6.41. The van der Waals surface area contributed by atoms with Crippen LogP contribution < -0.4 is 10.2 Å². The van der Waals surface area contributed by atoms with Crippen molar-refractivity contribution in [2.45, 2.75) is 57.2 Å². The third-order valence-electron chi connectivity index (χ3n) is 6.54. The highest BCUT2D eigenvalue weighted by Crippen LogP contribution is 2.48. The van der Waals surface area contributed by atoms with Crippen LogP contribution in [-0.4, -0.2) is 39.9 Å². The molecule has 0 unspecified atom stereocenters. The van der Waals surface area contributed by atoms with Gasteiger partial charge in [-0.1, -0.05) is 51.1 Å². The van der Waals surface area contributed by atoms with E-state index in [2.05, 4.69) is 26.1 Å². The van der Waals surface area contributed by atoms with Crippen molar-refractivity contribution in [3.8, 4) is 5.69 Å². The molecule has 6 nitrogen and oxygen atoms in total. The normalized spacial score (nSPS) is 18.1. The minimum Gasteiger partial charge on any atom is -0.352 e. The fourth-order valence-electron chi connectivity index (χ4n) is 4.62. The summed E-state index contributed by atoms with van der Waals surface area (Å²) in [5.41, 5.74) is 3.93. The number of benzene rings is 2. The Balaban J connectivity index is 1.76. The standard InChI is InChI=1S/C28H31FN4O2S/c1-17-8-5-6-11-21(17)33-27-24(26(31-33)28(2,3)4)25(18-9-7-10-19(29)14-18)36-16-23(35)32(27)15-22(34)30-20-12-13-20/h5-11,14,20,25H,12-13,15-16H2,1-4H3,(H,30,34)/t25-/m1/s1. The van der Waals surface area contributed by atoms with E-state index in [4.69, 9.17) is 5.10 Å². The van der Waals surface area contributed by atoms with E-state index >= 15 is 0 Å². The first-order chi connectivity index (χ1) is 17.1. The van der Waals surface area contributed by atoms with Crippen LogP contribution in [0.15, 0.2) is 48.5 Å². The zero-order chi connectivity index (χ0) is 25.6. The number of halogens is 1. The largest absolute Gasteiger partial charge is 0.352 e. The fourth-order valence-corrected chi connectivity index (χ4v) is 5.81. The second-order valence-corrected chi connectivity index (χ2v) is 11.7. The summed E-state index contributed by atoms with van der Waals surface area (Å²) in [7, 11) is 0. The Morgan fingerprint density at radius 1 is 1.17 bits per heavy atom. The predicted octanol–water partition coefficient (Wildman–Crippen LogP) is 5.07. The number of carbonyl (C=O) groups is 2. The van der Waals surface area contributed by atoms with E-state index < -0.39 is 0 Å². The first kappa shape index (κ1) is 24.6. The van der Waals surface area contributed by atoms with Gasteiger partial charge in [-0.2, -0.15) is 5.10 Å². The van der Waals surface area contributed by atoms with Crippen molar-refractivity contribution in [3.63, 3.8) is 0 Å². The Labute approximate surface area is 215 Å². The molecule has 36 heavy (non-hydrogen) atoms. The van der Waals surface area contributed by atoms with Gasteiger partial charge < -0.3 is 5.32 Å². The topological polar surface area (TPSA) is 67.2 Å². The van der Waals surface area contributed by atoms with Crippen molar-refractivity contribution in [2.24, 2.45) is 0 Å². The molecular weight excluding hydrogens is 475 g/mol. The van der Waals surface area contributed by atoms with Crippen LogP contribution in [0, 0.1) is 12.7 Å². The lowest BCUT2D eigenvalue weighted by molar-refractivity contribution is -0.123. The van der Waals surface area contributed by atoms with Gasteiger partial charge in [0.05, 0.1) is 22.4 Å². The van der Waals surface area contributed by atoms with E-state index in [9.17, 15) is 14.0 Å². The van der Waals surface area contributed by atoms with Crippen LogP contribution in [0.1, 0.15) is 61.2 Å². The molecule has 3 aromatic rings. The number of nitrogens with zero attached hydrogens (tertiary/aromatic N) is 3. The maximum atomic E-state index is 14.3. The highest BCUT2D eigenvalue weighted by atomic mass is 32.2. The lowest BCUT2D eigenvalue weighted by Crippen LogP contribution is -2.43. The lowest BCUT2D eigenvalue weighted by atomic mass is 9.87. The monoisotopic (exact) mass is 506 g/mol. The summed E-state index contributed by atoms with van der Waals surface area (Å²) in [6.07, 6.45) is 1.94. The van der Waals surface area contributed by atoms with Crippen molar-refractivity contribution in [3.05, 3.63) is 76.7 Å². The number of nitrogens with one attached hydrogen (secondary N) is 1. The molecule has 0 bridgehead atoms. The quantitative estimate of drug-likeness (QED) is 0.525. The summed E-state index contributed by atoms with van der Waals surface area (Å²) in [4.78, 5) is 28.1. The van der Waals surface area contributed by atoms with Gasteiger partial charge >= 0.3 is 0 Å². The van der Waals surface area contributed by atoms with Crippen LogP contribution in [0.4, 0.5) is 10.2 Å². The van der Waals surface area contributed by atoms with Gasteiger partial charge in [0.25, 0.3) is 0 Å². The minimum absolute atomic E-state index is 0.0834. The summed E-state index contributed by atoms with van der Waals surface area (Å²) < 4.78 is 16.2. The number of aromatic nitrogens is 2. The van der Waals surface area contributed by atoms with E-state index in [1.165, 1.54) is 23.9 Å². The van der Waals surface area contributed by atoms with Gasteiger partial charge in [-0.25, -0.2) is 9.07 Å². The summed E-state index contributed by atoms with van der Waals surface area (Å²) in [6.45, 7) is 8.17. The van der Waals surface area contributed by atoms with E-state index in [1.807, 2.05) is 41.9 Å². The number of hydrogen-bond donors (Lipinski definition) is 1. The molecule has 0 saturated heterocycles. The second kappa shape index (κ2) is 9.39. The van der Waals surface area contributed by atoms with Crippen molar-refractivity contribution < 1.29 is 14.0 Å². The third-order valence-corrected chi connectivity index (χ3v) is 7.79. The maximum absolute atomic E-state index is 14.3. The zero-order valence-electron chi connectivity index (χ0n) is 21.0. The lowest BCUT2D eigenvalue weighted by Gasteiger charge is -2.24. The molecule has 1 fully saturated rings. The minimum atomic E-state index is -0.362. The van der Waals surface area contributed by atoms with E-state index in [1.54, 1.807) is 11.0 Å². The van der Waals surface area contributed by atoms with E-state index in [0.717, 1.165) is 40.9 Å². The molecule has 1 atom stereocenters. The molecule has 0 spiro atoms. The average molecular weight is 507 g/mol. The van der Waals surface area contributed by atoms with Gasteiger partial charge in [-0.15, -0.1) is 11.8 Å². The average Bonchev–Trinajstić information content (AvgIpc) is 3.56. The summed E-state index contributed by atoms with van der Waals surface area (Å²) in [5.74, 6) is 0.0882. The van der Waals surface area contributed by atoms with Crippen molar-refractivity contribution in [1.29, 1.82) is 0 Å². The number of anilines is 1. The highest BCUT2D eigenvalue weighted by molar-refractivity contribution is 8.00. The second-order valence-electron chi connectivity index (χ2n) is 10.6.